The van der Waals surface area contributed by atoms with E-state index < -0.39 is 0 Å². The smallest absolute Gasteiger partial charge is 0.283 e. The van der Waals surface area contributed by atoms with Crippen LogP contribution in [0.15, 0.2) is 22.7 Å². The predicted molar refractivity (Wildman–Crippen MR) is 80.6 cm³/mol. The second-order valence-electron chi connectivity index (χ2n) is 5.53. The number of fused-ring (bicyclic) bond motifs is 1. The van der Waals surface area contributed by atoms with Gasteiger partial charge in [-0.1, -0.05) is 12.1 Å². The minimum Gasteiger partial charge on any atom is -0.308 e. The van der Waals surface area contributed by atoms with Crippen LogP contribution in [0.4, 0.5) is 5.69 Å². The molecule has 6 heteroatoms. The zero-order valence-corrected chi connectivity index (χ0v) is 12.8. The van der Waals surface area contributed by atoms with Crippen LogP contribution < -0.4 is 5.32 Å². The van der Waals surface area contributed by atoms with E-state index in [1.54, 1.807) is 6.07 Å². The summed E-state index contributed by atoms with van der Waals surface area (Å²) in [5, 5.41) is 14.5. The van der Waals surface area contributed by atoms with Gasteiger partial charge in [0.15, 0.2) is 0 Å². The monoisotopic (exact) mass is 339 g/mol. The van der Waals surface area contributed by atoms with Gasteiger partial charge in [-0.3, -0.25) is 15.0 Å². The van der Waals surface area contributed by atoms with Crippen LogP contribution in [0.1, 0.15) is 24.8 Å². The number of rotatable bonds is 4. The molecule has 20 heavy (non-hydrogen) atoms. The summed E-state index contributed by atoms with van der Waals surface area (Å²) >= 11 is 3.36. The molecular weight excluding hydrogens is 322 g/mol. The molecule has 0 bridgehead atoms. The summed E-state index contributed by atoms with van der Waals surface area (Å²) in [5.41, 5.74) is 1.09. The largest absolute Gasteiger partial charge is 0.308 e. The van der Waals surface area contributed by atoms with E-state index in [2.05, 4.69) is 26.1 Å². The summed E-state index contributed by atoms with van der Waals surface area (Å²) in [4.78, 5) is 13.1. The number of halogens is 1. The first-order chi connectivity index (χ1) is 9.66. The zero-order chi connectivity index (χ0) is 14.1. The lowest BCUT2D eigenvalue weighted by Gasteiger charge is -2.21. The molecule has 2 fully saturated rings. The lowest BCUT2D eigenvalue weighted by atomic mass is 10.1. The van der Waals surface area contributed by atoms with Crippen LogP contribution in [0.3, 0.4) is 0 Å². The van der Waals surface area contributed by atoms with Crippen LogP contribution in [-0.2, 0) is 6.54 Å². The van der Waals surface area contributed by atoms with Crippen molar-refractivity contribution in [1.82, 2.24) is 10.2 Å². The average molecular weight is 340 g/mol. The highest BCUT2D eigenvalue weighted by molar-refractivity contribution is 9.10. The van der Waals surface area contributed by atoms with Gasteiger partial charge in [-0.2, -0.15) is 0 Å². The fourth-order valence-corrected chi connectivity index (χ4v) is 3.95. The maximum Gasteiger partial charge on any atom is 0.283 e. The minimum atomic E-state index is -0.345. The molecule has 2 saturated heterocycles. The van der Waals surface area contributed by atoms with Crippen LogP contribution in [0, 0.1) is 10.1 Å². The van der Waals surface area contributed by atoms with Gasteiger partial charge in [-0.15, -0.1) is 0 Å². The number of hydrogen-bond donors (Lipinski definition) is 1. The van der Waals surface area contributed by atoms with Gasteiger partial charge >= 0.3 is 0 Å². The maximum atomic E-state index is 10.9. The molecule has 5 nitrogen and oxygen atoms in total. The molecule has 1 aromatic carbocycles. The van der Waals surface area contributed by atoms with E-state index in [9.17, 15) is 10.1 Å². The molecule has 0 saturated carbocycles. The fourth-order valence-electron chi connectivity index (χ4n) is 3.41. The highest BCUT2D eigenvalue weighted by atomic mass is 79.9. The lowest BCUT2D eigenvalue weighted by Crippen LogP contribution is -2.38. The standard InChI is InChI=1S/C14H18BrN3O2/c15-14-10(3-1-4-13(14)18(19)20)9-16-11-6-8-17-7-2-5-12(11)17/h1,3-4,11-12,16H,2,5-9H2. The van der Waals surface area contributed by atoms with E-state index in [-0.39, 0.29) is 10.6 Å². The summed E-state index contributed by atoms with van der Waals surface area (Å²) < 4.78 is 0.596. The number of nitro benzene ring substituents is 1. The highest BCUT2D eigenvalue weighted by Gasteiger charge is 2.36. The van der Waals surface area contributed by atoms with Gasteiger partial charge in [0.05, 0.1) is 9.40 Å². The molecule has 1 aromatic rings. The van der Waals surface area contributed by atoms with Crippen LogP contribution in [0.2, 0.25) is 0 Å². The normalized spacial score (nSPS) is 25.9. The van der Waals surface area contributed by atoms with Crippen molar-refractivity contribution in [3.05, 3.63) is 38.3 Å². The molecule has 0 amide bonds. The molecule has 3 rings (SSSR count). The summed E-state index contributed by atoms with van der Waals surface area (Å²) in [7, 11) is 0. The fraction of sp³-hybridized carbons (Fsp3) is 0.571. The van der Waals surface area contributed by atoms with E-state index in [0.717, 1.165) is 5.56 Å². The van der Waals surface area contributed by atoms with Crippen molar-refractivity contribution in [2.45, 2.75) is 37.9 Å². The molecule has 0 aliphatic carbocycles. The summed E-state index contributed by atoms with van der Waals surface area (Å²) in [5.74, 6) is 0. The van der Waals surface area contributed by atoms with Gasteiger partial charge in [0.1, 0.15) is 0 Å². The highest BCUT2D eigenvalue weighted by Crippen LogP contribution is 2.30. The topological polar surface area (TPSA) is 58.4 Å². The van der Waals surface area contributed by atoms with Crippen molar-refractivity contribution in [3.63, 3.8) is 0 Å². The third-order valence-electron chi connectivity index (χ3n) is 4.42. The Labute approximate surface area is 126 Å². The predicted octanol–water partition coefficient (Wildman–Crippen LogP) is 2.68. The molecule has 0 spiro atoms. The van der Waals surface area contributed by atoms with Gasteiger partial charge < -0.3 is 5.32 Å². The summed E-state index contributed by atoms with van der Waals surface area (Å²) in [6, 6.07) is 6.39. The Morgan fingerprint density at radius 2 is 2.25 bits per heavy atom. The van der Waals surface area contributed by atoms with Gasteiger partial charge in [-0.25, -0.2) is 0 Å². The van der Waals surface area contributed by atoms with Crippen molar-refractivity contribution >= 4 is 21.6 Å². The SMILES string of the molecule is O=[N+]([O-])c1cccc(CNC2CCN3CCCC23)c1Br. The van der Waals surface area contributed by atoms with Gasteiger partial charge in [-0.05, 0) is 47.3 Å². The zero-order valence-electron chi connectivity index (χ0n) is 11.2. The Balaban J connectivity index is 1.67. The molecule has 2 heterocycles. The van der Waals surface area contributed by atoms with Gasteiger partial charge in [0.25, 0.3) is 5.69 Å². The number of nitrogens with zero attached hydrogens (tertiary/aromatic N) is 2. The van der Waals surface area contributed by atoms with Crippen LogP contribution in [0.25, 0.3) is 0 Å². The second kappa shape index (κ2) is 5.79. The molecule has 0 aromatic heterocycles. The third kappa shape index (κ3) is 2.60. The van der Waals surface area contributed by atoms with E-state index in [4.69, 9.17) is 0 Å². The van der Waals surface area contributed by atoms with Crippen molar-refractivity contribution in [2.75, 3.05) is 13.1 Å². The molecule has 2 aliphatic heterocycles. The van der Waals surface area contributed by atoms with Crippen molar-refractivity contribution in [2.24, 2.45) is 0 Å². The van der Waals surface area contributed by atoms with Gasteiger partial charge in [0.2, 0.25) is 0 Å². The van der Waals surface area contributed by atoms with Crippen molar-refractivity contribution in [1.29, 1.82) is 0 Å². The molecule has 108 valence electrons. The first-order valence-electron chi connectivity index (χ1n) is 7.06. The molecule has 2 atom stereocenters. The second-order valence-corrected chi connectivity index (χ2v) is 6.32. The lowest BCUT2D eigenvalue weighted by molar-refractivity contribution is -0.385. The first-order valence-corrected chi connectivity index (χ1v) is 7.85. The van der Waals surface area contributed by atoms with Gasteiger partial charge in [0, 0.05) is 31.2 Å². The van der Waals surface area contributed by atoms with Crippen LogP contribution >= 0.6 is 15.9 Å². The molecule has 2 aliphatic rings. The number of nitrogens with one attached hydrogen (secondary N) is 1. The van der Waals surface area contributed by atoms with E-state index in [0.29, 0.717) is 23.1 Å². The molecule has 2 unspecified atom stereocenters. The van der Waals surface area contributed by atoms with E-state index in [1.165, 1.54) is 38.4 Å². The van der Waals surface area contributed by atoms with Crippen LogP contribution in [-0.4, -0.2) is 35.0 Å². The number of hydrogen-bond acceptors (Lipinski definition) is 4. The van der Waals surface area contributed by atoms with E-state index >= 15 is 0 Å². The molecule has 1 N–H and O–H groups in total. The Morgan fingerprint density at radius 1 is 1.40 bits per heavy atom. The number of benzene rings is 1. The summed E-state index contributed by atoms with van der Waals surface area (Å²) in [6.45, 7) is 3.08. The third-order valence-corrected chi connectivity index (χ3v) is 5.33. The Kier molecular flexibility index (Phi) is 4.05. The summed E-state index contributed by atoms with van der Waals surface area (Å²) in [6.07, 6.45) is 3.74. The maximum absolute atomic E-state index is 10.9. The minimum absolute atomic E-state index is 0.137. The molecular formula is C14H18BrN3O2. The number of nitro groups is 1. The Morgan fingerprint density at radius 3 is 3.05 bits per heavy atom. The average Bonchev–Trinajstić information content (AvgIpc) is 3.00. The molecule has 0 radical (unpaired) electrons. The first kappa shape index (κ1) is 14.0. The van der Waals surface area contributed by atoms with Crippen molar-refractivity contribution in [3.8, 4) is 0 Å². The quantitative estimate of drug-likeness (QED) is 0.676. The van der Waals surface area contributed by atoms with Crippen molar-refractivity contribution < 1.29 is 4.92 Å². The Bertz CT molecular complexity index is 523. The van der Waals surface area contributed by atoms with Crippen LogP contribution in [0.5, 0.6) is 0 Å². The Hall–Kier alpha value is -0.980. The van der Waals surface area contributed by atoms with E-state index in [1.807, 2.05) is 6.07 Å².